The van der Waals surface area contributed by atoms with Crippen molar-refractivity contribution >= 4 is 23.0 Å². The quantitative estimate of drug-likeness (QED) is 0.824. The summed E-state index contributed by atoms with van der Waals surface area (Å²) in [6.07, 6.45) is 1.26. The van der Waals surface area contributed by atoms with Crippen LogP contribution in [0.5, 0.6) is 0 Å². The normalized spacial score (nSPS) is 18.5. The number of alkyl halides is 1. The molecule has 0 N–H and O–H groups in total. The van der Waals surface area contributed by atoms with Crippen molar-refractivity contribution < 1.29 is 13.6 Å². The van der Waals surface area contributed by atoms with Crippen LogP contribution in [-0.2, 0) is 6.42 Å². The fourth-order valence-corrected chi connectivity index (χ4v) is 3.26. The van der Waals surface area contributed by atoms with Gasteiger partial charge in [-0.15, -0.1) is 0 Å². The zero-order chi connectivity index (χ0) is 19.1. The average Bonchev–Trinajstić information content (AvgIpc) is 3.18. The summed E-state index contributed by atoms with van der Waals surface area (Å²) in [6.45, 7) is 1.85. The molecule has 1 aliphatic carbocycles. The molecule has 0 saturated carbocycles. The topological polar surface area (TPSA) is 71.0 Å². The van der Waals surface area contributed by atoms with Crippen LogP contribution in [0.3, 0.4) is 0 Å². The molecule has 0 fully saturated rings. The molecule has 4 rings (SSSR count). The van der Waals surface area contributed by atoms with Crippen LogP contribution < -0.4 is 0 Å². The molecule has 1 unspecified atom stereocenters. The molecule has 1 aromatic heterocycles. The Bertz CT molecular complexity index is 1080. The average molecular weight is 364 g/mol. The number of nitriles is 1. The van der Waals surface area contributed by atoms with Gasteiger partial charge in [-0.05, 0) is 30.2 Å². The van der Waals surface area contributed by atoms with Crippen molar-refractivity contribution in [2.75, 3.05) is 0 Å². The largest absolute Gasteiger partial charge is 0.299 e. The molecule has 0 saturated heterocycles. The van der Waals surface area contributed by atoms with Crippen LogP contribution in [0.1, 0.15) is 40.5 Å². The molecule has 7 heteroatoms. The van der Waals surface area contributed by atoms with Gasteiger partial charge in [0.1, 0.15) is 17.7 Å². The second-order valence-electron chi connectivity index (χ2n) is 6.27. The lowest BCUT2D eigenvalue weighted by Gasteiger charge is -2.15. The standard InChI is InChI=1S/C20H14F2N4O/c1-2-16-17(14-8-7-13(21)9-15(14)22)19-24-18(20(27)26(19)25-16)12-5-3-11(10-23)4-6-12/h3-8,15H,2,9H2,1H3. The first-order valence-electron chi connectivity index (χ1n) is 8.50. The van der Waals surface area contributed by atoms with Crippen molar-refractivity contribution in [1.82, 2.24) is 9.78 Å². The van der Waals surface area contributed by atoms with E-state index in [0.29, 0.717) is 28.8 Å². The van der Waals surface area contributed by atoms with Crippen molar-refractivity contribution in [2.45, 2.75) is 25.9 Å². The molecule has 0 amide bonds. The van der Waals surface area contributed by atoms with Gasteiger partial charge in [0, 0.05) is 17.5 Å². The molecular weight excluding hydrogens is 350 g/mol. The van der Waals surface area contributed by atoms with E-state index in [1.807, 2.05) is 13.0 Å². The third-order valence-corrected chi connectivity index (χ3v) is 4.61. The molecule has 0 spiro atoms. The van der Waals surface area contributed by atoms with E-state index in [9.17, 15) is 13.6 Å². The molecule has 1 aromatic carbocycles. The van der Waals surface area contributed by atoms with Crippen molar-refractivity contribution in [3.8, 4) is 6.07 Å². The number of aromatic nitrogens is 2. The SMILES string of the molecule is CCc1nn2c(c1C1=CC=C(F)CC1F)N=C(c1ccc(C#N)cc1)C2=O. The Labute approximate surface area is 153 Å². The molecule has 134 valence electrons. The van der Waals surface area contributed by atoms with Gasteiger partial charge in [0.05, 0.1) is 17.3 Å². The van der Waals surface area contributed by atoms with Crippen molar-refractivity contribution in [2.24, 2.45) is 4.99 Å². The Balaban J connectivity index is 1.84. The number of carbonyl (C=O) groups excluding carboxylic acids is 1. The molecule has 2 aromatic rings. The van der Waals surface area contributed by atoms with E-state index in [-0.39, 0.29) is 23.5 Å². The van der Waals surface area contributed by atoms with Crippen LogP contribution in [0, 0.1) is 11.3 Å². The van der Waals surface area contributed by atoms with Gasteiger partial charge in [0.15, 0.2) is 5.82 Å². The smallest absolute Gasteiger partial charge is 0.265 e. The molecule has 2 aliphatic rings. The molecule has 5 nitrogen and oxygen atoms in total. The van der Waals surface area contributed by atoms with Gasteiger partial charge < -0.3 is 0 Å². The molecule has 2 heterocycles. The third-order valence-electron chi connectivity index (χ3n) is 4.61. The zero-order valence-electron chi connectivity index (χ0n) is 14.4. The van der Waals surface area contributed by atoms with Gasteiger partial charge >= 0.3 is 0 Å². The van der Waals surface area contributed by atoms with E-state index in [0.717, 1.165) is 0 Å². The van der Waals surface area contributed by atoms with Crippen LogP contribution in [0.25, 0.3) is 5.57 Å². The van der Waals surface area contributed by atoms with Gasteiger partial charge in [0.2, 0.25) is 0 Å². The minimum absolute atomic E-state index is 0.180. The summed E-state index contributed by atoms with van der Waals surface area (Å²) in [5.41, 5.74) is 2.48. The van der Waals surface area contributed by atoms with E-state index >= 15 is 0 Å². The fraction of sp³-hybridized carbons (Fsp3) is 0.200. The van der Waals surface area contributed by atoms with Gasteiger partial charge in [-0.2, -0.15) is 15.0 Å². The number of benzene rings is 1. The number of carbonyl (C=O) groups is 1. The molecule has 27 heavy (non-hydrogen) atoms. The zero-order valence-corrected chi connectivity index (χ0v) is 14.4. The minimum atomic E-state index is -1.52. The summed E-state index contributed by atoms with van der Waals surface area (Å²) >= 11 is 0. The van der Waals surface area contributed by atoms with E-state index in [1.54, 1.807) is 24.3 Å². The van der Waals surface area contributed by atoms with Crippen molar-refractivity contribution in [1.29, 1.82) is 5.26 Å². The molecule has 1 aliphatic heterocycles. The number of halogens is 2. The Morgan fingerprint density at radius 3 is 2.67 bits per heavy atom. The Hall–Kier alpha value is -3.40. The summed E-state index contributed by atoms with van der Waals surface area (Å²) in [6, 6.07) is 8.48. The van der Waals surface area contributed by atoms with Crippen LogP contribution in [0.4, 0.5) is 14.6 Å². The van der Waals surface area contributed by atoms with Gasteiger partial charge in [-0.25, -0.2) is 13.8 Å². The fourth-order valence-electron chi connectivity index (χ4n) is 3.26. The number of nitrogens with zero attached hydrogens (tertiary/aromatic N) is 4. The lowest BCUT2D eigenvalue weighted by molar-refractivity contribution is 0.0984. The van der Waals surface area contributed by atoms with Crippen LogP contribution >= 0.6 is 0 Å². The van der Waals surface area contributed by atoms with E-state index in [1.165, 1.54) is 16.8 Å². The highest BCUT2D eigenvalue weighted by molar-refractivity contribution is 6.48. The lowest BCUT2D eigenvalue weighted by Crippen LogP contribution is -2.18. The predicted octanol–water partition coefficient (Wildman–Crippen LogP) is 4.07. The summed E-state index contributed by atoms with van der Waals surface area (Å²) in [7, 11) is 0. The first-order chi connectivity index (χ1) is 13.0. The van der Waals surface area contributed by atoms with Crippen LogP contribution in [-0.4, -0.2) is 27.6 Å². The van der Waals surface area contributed by atoms with Crippen molar-refractivity contribution in [3.63, 3.8) is 0 Å². The van der Waals surface area contributed by atoms with Gasteiger partial charge in [0.25, 0.3) is 5.91 Å². The molecule has 1 atom stereocenters. The maximum absolute atomic E-state index is 14.5. The maximum atomic E-state index is 14.5. The lowest BCUT2D eigenvalue weighted by atomic mass is 9.94. The summed E-state index contributed by atoms with van der Waals surface area (Å²) in [4.78, 5) is 17.2. The maximum Gasteiger partial charge on any atom is 0.299 e. The second-order valence-corrected chi connectivity index (χ2v) is 6.27. The predicted molar refractivity (Wildman–Crippen MR) is 96.3 cm³/mol. The number of fused-ring (bicyclic) bond motifs is 1. The Morgan fingerprint density at radius 2 is 2.04 bits per heavy atom. The monoisotopic (exact) mass is 364 g/mol. The molecule has 0 bridgehead atoms. The summed E-state index contributed by atoms with van der Waals surface area (Å²) in [5, 5.41) is 13.2. The number of aryl methyl sites for hydroxylation is 1. The van der Waals surface area contributed by atoms with Gasteiger partial charge in [-0.3, -0.25) is 4.79 Å². The number of rotatable bonds is 3. The molecular formula is C20H14F2N4O. The van der Waals surface area contributed by atoms with E-state index in [4.69, 9.17) is 5.26 Å². The highest BCUT2D eigenvalue weighted by Gasteiger charge is 2.34. The number of hydrogen-bond donors (Lipinski definition) is 0. The Morgan fingerprint density at radius 1 is 1.30 bits per heavy atom. The van der Waals surface area contributed by atoms with Crippen molar-refractivity contribution in [3.05, 3.63) is 64.6 Å². The number of aliphatic imine (C=N–C) groups is 1. The third kappa shape index (κ3) is 2.70. The second kappa shape index (κ2) is 6.40. The van der Waals surface area contributed by atoms with E-state index in [2.05, 4.69) is 10.1 Å². The van der Waals surface area contributed by atoms with Crippen LogP contribution in [0.2, 0.25) is 0 Å². The number of allylic oxidation sites excluding steroid dienone is 4. The van der Waals surface area contributed by atoms with Gasteiger partial charge in [-0.1, -0.05) is 25.1 Å². The highest BCUT2D eigenvalue weighted by Crippen LogP contribution is 2.39. The number of hydrogen-bond acceptors (Lipinski definition) is 4. The summed E-state index contributed by atoms with van der Waals surface area (Å²) in [5.74, 6) is -0.670. The van der Waals surface area contributed by atoms with E-state index < -0.39 is 17.9 Å². The Kier molecular flexibility index (Phi) is 4.04. The first kappa shape index (κ1) is 17.0. The minimum Gasteiger partial charge on any atom is -0.265 e. The molecule has 0 radical (unpaired) electrons. The van der Waals surface area contributed by atoms with Crippen LogP contribution in [0.15, 0.2) is 47.2 Å². The highest BCUT2D eigenvalue weighted by atomic mass is 19.1. The first-order valence-corrected chi connectivity index (χ1v) is 8.50. The summed E-state index contributed by atoms with van der Waals surface area (Å²) < 4.78 is 29.0.